The van der Waals surface area contributed by atoms with Crippen LogP contribution in [0.5, 0.6) is 5.75 Å². The van der Waals surface area contributed by atoms with Crippen LogP contribution < -0.4 is 4.18 Å². The Bertz CT molecular complexity index is 1100. The summed E-state index contributed by atoms with van der Waals surface area (Å²) in [6.07, 6.45) is 1.55. The Labute approximate surface area is 171 Å². The lowest BCUT2D eigenvalue weighted by atomic mass is 10.2. The van der Waals surface area contributed by atoms with E-state index in [0.29, 0.717) is 16.3 Å². The van der Waals surface area contributed by atoms with Gasteiger partial charge in [0.1, 0.15) is 4.90 Å². The van der Waals surface area contributed by atoms with Crippen LogP contribution in [0.4, 0.5) is 5.69 Å². The average molecular weight is 465 g/mol. The number of hydrogen-bond donors (Lipinski definition) is 0. The molecule has 3 rings (SSSR count). The molecule has 3 aromatic carbocycles. The molecule has 0 bridgehead atoms. The fraction of sp³-hybridized carbons (Fsp3) is 0.0500. The van der Waals surface area contributed by atoms with Crippen molar-refractivity contribution in [3.63, 3.8) is 0 Å². The Kier molecular flexibility index (Phi) is 5.99. The number of rotatable bonds is 5. The maximum atomic E-state index is 12.5. The second-order valence-electron chi connectivity index (χ2n) is 5.72. The summed E-state index contributed by atoms with van der Waals surface area (Å²) in [6, 6.07) is 18.4. The highest BCUT2D eigenvalue weighted by Gasteiger charge is 2.18. The molecule has 0 unspecified atom stereocenters. The van der Waals surface area contributed by atoms with E-state index in [1.54, 1.807) is 54.7 Å². The van der Waals surface area contributed by atoms with E-state index in [9.17, 15) is 8.42 Å². The first-order valence-corrected chi connectivity index (χ1v) is 10.5. The molecule has 7 heteroatoms. The number of benzene rings is 3. The van der Waals surface area contributed by atoms with Crippen LogP contribution in [0.3, 0.4) is 0 Å². The smallest absolute Gasteiger partial charge is 0.339 e. The number of nitrogens with zero attached hydrogens (tertiary/aromatic N) is 1. The van der Waals surface area contributed by atoms with Crippen molar-refractivity contribution in [3.05, 3.63) is 87.4 Å². The van der Waals surface area contributed by atoms with Crippen LogP contribution in [-0.4, -0.2) is 14.6 Å². The zero-order valence-electron chi connectivity index (χ0n) is 14.3. The molecule has 0 N–H and O–H groups in total. The Morgan fingerprint density at radius 1 is 1.04 bits per heavy atom. The van der Waals surface area contributed by atoms with Crippen molar-refractivity contribution in [2.45, 2.75) is 11.8 Å². The largest absolute Gasteiger partial charge is 0.378 e. The first kappa shape index (κ1) is 19.6. The monoisotopic (exact) mass is 463 g/mol. The summed E-state index contributed by atoms with van der Waals surface area (Å²) in [5, 5.41) is 0.574. The van der Waals surface area contributed by atoms with Gasteiger partial charge in [-0.25, -0.2) is 0 Å². The van der Waals surface area contributed by atoms with E-state index in [1.165, 1.54) is 12.1 Å². The molecule has 0 radical (unpaired) electrons. The molecule has 3 aromatic rings. The molecule has 27 heavy (non-hydrogen) atoms. The zero-order chi connectivity index (χ0) is 19.4. The summed E-state index contributed by atoms with van der Waals surface area (Å²) < 4.78 is 31.2. The number of aliphatic imine (C=N–C) groups is 1. The van der Waals surface area contributed by atoms with E-state index < -0.39 is 10.1 Å². The second kappa shape index (κ2) is 8.25. The summed E-state index contributed by atoms with van der Waals surface area (Å²) in [4.78, 5) is 4.52. The third-order valence-electron chi connectivity index (χ3n) is 3.72. The number of halogens is 2. The first-order chi connectivity index (χ1) is 12.8. The van der Waals surface area contributed by atoms with Crippen molar-refractivity contribution < 1.29 is 12.6 Å². The summed E-state index contributed by atoms with van der Waals surface area (Å²) in [5.41, 5.74) is 2.16. The van der Waals surface area contributed by atoms with Crippen LogP contribution in [0.25, 0.3) is 0 Å². The highest BCUT2D eigenvalue weighted by molar-refractivity contribution is 9.10. The van der Waals surface area contributed by atoms with E-state index in [2.05, 4.69) is 20.9 Å². The van der Waals surface area contributed by atoms with Crippen molar-refractivity contribution in [2.75, 3.05) is 0 Å². The predicted octanol–water partition coefficient (Wildman–Crippen LogP) is 5.93. The maximum absolute atomic E-state index is 12.5. The lowest BCUT2D eigenvalue weighted by Crippen LogP contribution is -2.10. The van der Waals surface area contributed by atoms with Gasteiger partial charge in [-0.3, -0.25) is 4.99 Å². The van der Waals surface area contributed by atoms with Gasteiger partial charge in [0.15, 0.2) is 5.75 Å². The summed E-state index contributed by atoms with van der Waals surface area (Å²) in [7, 11) is -3.94. The molecule has 0 saturated carbocycles. The topological polar surface area (TPSA) is 55.7 Å². The van der Waals surface area contributed by atoms with Crippen LogP contribution in [0, 0.1) is 6.92 Å². The predicted molar refractivity (Wildman–Crippen MR) is 112 cm³/mol. The first-order valence-electron chi connectivity index (χ1n) is 7.94. The molecule has 0 aromatic heterocycles. The Hall–Kier alpha value is -2.15. The van der Waals surface area contributed by atoms with E-state index in [0.717, 1.165) is 10.0 Å². The Balaban J connectivity index is 1.96. The lowest BCUT2D eigenvalue weighted by molar-refractivity contribution is 0.485. The molecule has 0 heterocycles. The van der Waals surface area contributed by atoms with Crippen LogP contribution in [0.2, 0.25) is 5.02 Å². The number of aryl methyl sites for hydroxylation is 1. The molecule has 0 atom stereocenters. The number of hydrogen-bond acceptors (Lipinski definition) is 4. The maximum Gasteiger partial charge on any atom is 0.339 e. The molecule has 0 aliphatic rings. The fourth-order valence-electron chi connectivity index (χ4n) is 2.31. The SMILES string of the molecule is Cc1ccc(Cl)cc1N=Cc1cc(Br)ccc1OS(=O)(=O)c1ccccc1. The van der Waals surface area contributed by atoms with Crippen molar-refractivity contribution in [3.8, 4) is 5.75 Å². The molecule has 138 valence electrons. The fourth-order valence-corrected chi connectivity index (χ4v) is 3.83. The molecule has 0 saturated heterocycles. The van der Waals surface area contributed by atoms with Crippen LogP contribution >= 0.6 is 27.5 Å². The van der Waals surface area contributed by atoms with Gasteiger partial charge in [0.05, 0.1) is 5.69 Å². The highest BCUT2D eigenvalue weighted by Crippen LogP contribution is 2.27. The van der Waals surface area contributed by atoms with Gasteiger partial charge in [0, 0.05) is 21.3 Å². The van der Waals surface area contributed by atoms with Gasteiger partial charge in [-0.05, 0) is 55.0 Å². The Morgan fingerprint density at radius 3 is 2.52 bits per heavy atom. The summed E-state index contributed by atoms with van der Waals surface area (Å²) in [5.74, 6) is 0.186. The molecular weight excluding hydrogens is 450 g/mol. The van der Waals surface area contributed by atoms with Crippen molar-refractivity contribution in [1.29, 1.82) is 0 Å². The molecule has 0 aliphatic heterocycles. The van der Waals surface area contributed by atoms with Crippen LogP contribution in [0.15, 0.2) is 81.1 Å². The van der Waals surface area contributed by atoms with Crippen LogP contribution in [-0.2, 0) is 10.1 Å². The normalized spacial score (nSPS) is 11.7. The van der Waals surface area contributed by atoms with Crippen molar-refractivity contribution in [1.82, 2.24) is 0 Å². The van der Waals surface area contributed by atoms with Gasteiger partial charge in [0.2, 0.25) is 0 Å². The van der Waals surface area contributed by atoms with Gasteiger partial charge in [-0.2, -0.15) is 8.42 Å². The van der Waals surface area contributed by atoms with Gasteiger partial charge in [-0.15, -0.1) is 0 Å². The van der Waals surface area contributed by atoms with E-state index in [1.807, 2.05) is 13.0 Å². The summed E-state index contributed by atoms with van der Waals surface area (Å²) >= 11 is 9.41. The Morgan fingerprint density at radius 2 is 1.78 bits per heavy atom. The van der Waals surface area contributed by atoms with Gasteiger partial charge < -0.3 is 4.18 Å². The standard InChI is InChI=1S/C20H15BrClNO3S/c1-14-7-9-17(22)12-19(14)23-13-15-11-16(21)8-10-20(15)26-27(24,25)18-5-3-2-4-6-18/h2-13H,1H3. The van der Waals surface area contributed by atoms with Gasteiger partial charge in [-0.1, -0.05) is 51.8 Å². The molecule has 0 spiro atoms. The van der Waals surface area contributed by atoms with E-state index >= 15 is 0 Å². The third-order valence-corrected chi connectivity index (χ3v) is 5.69. The van der Waals surface area contributed by atoms with Crippen molar-refractivity contribution >= 4 is 49.6 Å². The molecule has 0 amide bonds. The summed E-state index contributed by atoms with van der Waals surface area (Å²) in [6.45, 7) is 1.92. The molecular formula is C20H15BrClNO3S. The minimum atomic E-state index is -3.94. The van der Waals surface area contributed by atoms with Crippen molar-refractivity contribution in [2.24, 2.45) is 4.99 Å². The second-order valence-corrected chi connectivity index (χ2v) is 8.62. The molecule has 4 nitrogen and oxygen atoms in total. The minimum absolute atomic E-state index is 0.0847. The van der Waals surface area contributed by atoms with E-state index in [-0.39, 0.29) is 10.6 Å². The average Bonchev–Trinajstić information content (AvgIpc) is 2.65. The van der Waals surface area contributed by atoms with Gasteiger partial charge >= 0.3 is 10.1 Å². The van der Waals surface area contributed by atoms with Gasteiger partial charge in [0.25, 0.3) is 0 Å². The lowest BCUT2D eigenvalue weighted by Gasteiger charge is -2.10. The highest BCUT2D eigenvalue weighted by atomic mass is 79.9. The molecule has 0 aliphatic carbocycles. The third kappa shape index (κ3) is 4.97. The van der Waals surface area contributed by atoms with Crippen LogP contribution in [0.1, 0.15) is 11.1 Å². The molecule has 0 fully saturated rings. The van der Waals surface area contributed by atoms with E-state index in [4.69, 9.17) is 15.8 Å². The zero-order valence-corrected chi connectivity index (χ0v) is 17.4. The minimum Gasteiger partial charge on any atom is -0.378 e. The quantitative estimate of drug-likeness (QED) is 0.347.